The third kappa shape index (κ3) is 8.87. The van der Waals surface area contributed by atoms with E-state index in [0.717, 1.165) is 5.69 Å². The van der Waals surface area contributed by atoms with E-state index in [1.54, 1.807) is 0 Å². The molecule has 1 aromatic carbocycles. The predicted molar refractivity (Wildman–Crippen MR) is 60.3 cm³/mol. The first kappa shape index (κ1) is 24.8. The van der Waals surface area contributed by atoms with Crippen LogP contribution in [0.1, 0.15) is 17.5 Å². The van der Waals surface area contributed by atoms with E-state index in [-0.39, 0.29) is 105 Å². The zero-order chi connectivity index (χ0) is 11.4. The third-order valence-electron chi connectivity index (χ3n) is 2.48. The van der Waals surface area contributed by atoms with Gasteiger partial charge in [-0.05, 0) is 0 Å². The van der Waals surface area contributed by atoms with Crippen LogP contribution in [-0.2, 0) is 103 Å². The molecule has 0 saturated carbocycles. The summed E-state index contributed by atoms with van der Waals surface area (Å²) < 4.78 is 0. The second-order valence-corrected chi connectivity index (χ2v) is 3.75. The fourth-order valence-corrected chi connectivity index (χ4v) is 1.26. The van der Waals surface area contributed by atoms with Crippen molar-refractivity contribution in [3.63, 3.8) is 0 Å². The van der Waals surface area contributed by atoms with Crippen molar-refractivity contribution in [2.45, 2.75) is 20.3 Å². The number of aryl methyl sites for hydroxylation is 2. The molecule has 0 fully saturated rings. The Morgan fingerprint density at radius 2 is 1.83 bits per heavy atom. The van der Waals surface area contributed by atoms with Crippen molar-refractivity contribution in [2.75, 3.05) is 18.5 Å². The monoisotopic (exact) mass is 473 g/mol. The maximum atomic E-state index is 10.4. The van der Waals surface area contributed by atoms with Gasteiger partial charge in [0.25, 0.3) is 0 Å². The molecule has 6 heteroatoms. The van der Waals surface area contributed by atoms with E-state index < -0.39 is 5.97 Å². The van der Waals surface area contributed by atoms with Crippen LogP contribution in [0.5, 0.6) is 0 Å². The van der Waals surface area contributed by atoms with Gasteiger partial charge >= 0.3 is 5.97 Å². The minimum Gasteiger partial charge on any atom is -0.481 e. The average molecular weight is 473 g/mol. The summed E-state index contributed by atoms with van der Waals surface area (Å²) in [7, 11) is 1.88. The molecular formula is C12H16NO2Y3-. The molecule has 0 atom stereocenters. The van der Waals surface area contributed by atoms with Gasteiger partial charge in [-0.25, -0.2) is 0 Å². The van der Waals surface area contributed by atoms with Gasteiger partial charge in [-0.3, -0.25) is 4.79 Å². The fraction of sp³-hybridized carbons (Fsp3) is 0.417. The first-order valence-corrected chi connectivity index (χ1v) is 4.92. The fourth-order valence-electron chi connectivity index (χ4n) is 1.26. The van der Waals surface area contributed by atoms with Gasteiger partial charge in [-0.2, -0.15) is 23.3 Å². The Labute approximate surface area is 184 Å². The topological polar surface area (TPSA) is 40.5 Å². The van der Waals surface area contributed by atoms with E-state index >= 15 is 0 Å². The molecule has 1 aromatic rings. The molecule has 0 amide bonds. The normalized spacial score (nSPS) is 8.39. The zero-order valence-electron chi connectivity index (χ0n) is 11.1. The molecule has 3 radical (unpaired) electrons. The molecule has 18 heavy (non-hydrogen) atoms. The van der Waals surface area contributed by atoms with Crippen LogP contribution >= 0.6 is 0 Å². The minimum atomic E-state index is -0.773. The summed E-state index contributed by atoms with van der Waals surface area (Å²) >= 11 is 0. The maximum absolute atomic E-state index is 10.4. The predicted octanol–water partition coefficient (Wildman–Crippen LogP) is 2.01. The van der Waals surface area contributed by atoms with Crippen LogP contribution in [-0.4, -0.2) is 24.7 Å². The third-order valence-corrected chi connectivity index (χ3v) is 2.48. The summed E-state index contributed by atoms with van der Waals surface area (Å²) in [5, 5.41) is 8.57. The van der Waals surface area contributed by atoms with Crippen LogP contribution in [0.25, 0.3) is 0 Å². The summed E-state index contributed by atoms with van der Waals surface area (Å²) in [5.74, 6) is -0.773. The van der Waals surface area contributed by atoms with Gasteiger partial charge in [0.05, 0.1) is 6.42 Å². The van der Waals surface area contributed by atoms with E-state index in [1.807, 2.05) is 37.9 Å². The van der Waals surface area contributed by atoms with Gasteiger partial charge in [0.2, 0.25) is 0 Å². The van der Waals surface area contributed by atoms with Crippen LogP contribution in [0.4, 0.5) is 5.69 Å². The largest absolute Gasteiger partial charge is 0.481 e. The number of carboxylic acid groups (broad SMARTS) is 1. The molecule has 1 rings (SSSR count). The van der Waals surface area contributed by atoms with Crippen molar-refractivity contribution in [1.82, 2.24) is 0 Å². The minimum absolute atomic E-state index is 0. The van der Waals surface area contributed by atoms with Crippen molar-refractivity contribution < 1.29 is 108 Å². The van der Waals surface area contributed by atoms with Gasteiger partial charge in [-0.15, -0.1) is 6.07 Å². The van der Waals surface area contributed by atoms with E-state index in [9.17, 15) is 4.79 Å². The van der Waals surface area contributed by atoms with Crippen LogP contribution < -0.4 is 4.90 Å². The summed E-state index contributed by atoms with van der Waals surface area (Å²) in [4.78, 5) is 12.3. The Morgan fingerprint density at radius 1 is 1.28 bits per heavy atom. The Hall–Kier alpha value is 1.80. The number of nitrogens with zero attached hydrogens (tertiary/aromatic N) is 1. The molecule has 0 aliphatic heterocycles. The molecule has 3 nitrogen and oxygen atoms in total. The number of carbonyl (C=O) groups is 1. The number of benzene rings is 1. The number of hydrogen-bond donors (Lipinski definition) is 1. The van der Waals surface area contributed by atoms with Gasteiger partial charge < -0.3 is 10.0 Å². The van der Waals surface area contributed by atoms with Gasteiger partial charge in [0.1, 0.15) is 0 Å². The molecular weight excluding hydrogens is 457 g/mol. The Kier molecular flexibility index (Phi) is 17.3. The first-order chi connectivity index (χ1) is 7.00. The number of rotatable bonds is 4. The van der Waals surface area contributed by atoms with Crippen molar-refractivity contribution in [1.29, 1.82) is 0 Å². The van der Waals surface area contributed by atoms with Crippen molar-refractivity contribution >= 4 is 11.7 Å². The molecule has 0 bridgehead atoms. The van der Waals surface area contributed by atoms with Gasteiger partial charge in [-0.1, -0.05) is 19.5 Å². The molecule has 0 heterocycles. The molecule has 0 spiro atoms. The van der Waals surface area contributed by atoms with Crippen LogP contribution in [0.2, 0.25) is 0 Å². The molecule has 0 aliphatic rings. The SMILES string of the molecule is Cc1c[c-]c(N(C)CCC(=O)O)cc1C.[Y].[Y].[Y]. The maximum Gasteiger partial charge on any atom is 0.305 e. The summed E-state index contributed by atoms with van der Waals surface area (Å²) in [6.07, 6.45) is 0.150. The van der Waals surface area contributed by atoms with E-state index in [0.29, 0.717) is 6.54 Å². The van der Waals surface area contributed by atoms with Crippen LogP contribution in [0.3, 0.4) is 0 Å². The second kappa shape index (κ2) is 12.5. The molecule has 0 aromatic heterocycles. The molecule has 0 unspecified atom stereocenters. The average Bonchev–Trinajstić information content (AvgIpc) is 2.18. The van der Waals surface area contributed by atoms with E-state index in [1.165, 1.54) is 11.1 Å². The van der Waals surface area contributed by atoms with Crippen LogP contribution in [0, 0.1) is 19.9 Å². The summed E-state index contributed by atoms with van der Waals surface area (Å²) in [5.41, 5.74) is 3.34. The summed E-state index contributed by atoms with van der Waals surface area (Å²) in [6.45, 7) is 4.58. The van der Waals surface area contributed by atoms with E-state index in [4.69, 9.17) is 5.11 Å². The van der Waals surface area contributed by atoms with Crippen LogP contribution in [0.15, 0.2) is 12.1 Å². The van der Waals surface area contributed by atoms with Crippen molar-refractivity contribution in [3.8, 4) is 0 Å². The molecule has 91 valence electrons. The Bertz CT molecular complexity index is 372. The second-order valence-electron chi connectivity index (χ2n) is 3.75. The van der Waals surface area contributed by atoms with Gasteiger partial charge in [0.15, 0.2) is 0 Å². The molecule has 0 aliphatic carbocycles. The number of anilines is 1. The number of hydrogen-bond acceptors (Lipinski definition) is 2. The van der Waals surface area contributed by atoms with E-state index in [2.05, 4.69) is 6.07 Å². The number of carboxylic acids is 1. The van der Waals surface area contributed by atoms with Crippen molar-refractivity contribution in [2.24, 2.45) is 0 Å². The van der Waals surface area contributed by atoms with Gasteiger partial charge in [0, 0.05) is 112 Å². The smallest absolute Gasteiger partial charge is 0.305 e. The standard InChI is InChI=1S/C12H16NO2.3Y/c1-9-4-5-11(8-10(9)2)13(3)7-6-12(14)15;;;/h4,8H,6-7H2,1-3H3,(H,14,15);;;/q-1;;;. The quantitative estimate of drug-likeness (QED) is 0.682. The molecule has 0 saturated heterocycles. The molecule has 1 N–H and O–H groups in total. The van der Waals surface area contributed by atoms with Crippen molar-refractivity contribution in [3.05, 3.63) is 29.3 Å². The number of aliphatic carboxylic acids is 1. The summed E-state index contributed by atoms with van der Waals surface area (Å²) in [6, 6.07) is 7.09. The first-order valence-electron chi connectivity index (χ1n) is 4.92. The zero-order valence-corrected chi connectivity index (χ0v) is 19.6. The Morgan fingerprint density at radius 3 is 2.28 bits per heavy atom. The Balaban J connectivity index is -0.000000750.